The molecule has 5 rings (SSSR count). The fourth-order valence-corrected chi connectivity index (χ4v) is 4.57. The second kappa shape index (κ2) is 8.12. The van der Waals surface area contributed by atoms with E-state index < -0.39 is 5.91 Å². The van der Waals surface area contributed by atoms with Gasteiger partial charge in [0.2, 0.25) is 0 Å². The highest BCUT2D eigenvalue weighted by Gasteiger charge is 2.25. The average Bonchev–Trinajstić information content (AvgIpc) is 3.22. The van der Waals surface area contributed by atoms with E-state index in [-0.39, 0.29) is 11.6 Å². The lowest BCUT2D eigenvalue weighted by Crippen LogP contribution is -2.45. The number of benzene rings is 3. The molecule has 2 heterocycles. The molecular formula is C25H21FN2O2S. The Hall–Kier alpha value is -3.25. The number of nitrogens with one attached hydrogen (secondary N) is 1. The third-order valence-corrected chi connectivity index (χ3v) is 6.54. The van der Waals surface area contributed by atoms with E-state index in [0.29, 0.717) is 17.0 Å². The fourth-order valence-electron chi connectivity index (χ4n) is 3.82. The van der Waals surface area contributed by atoms with Gasteiger partial charge in [0.25, 0.3) is 5.91 Å². The maximum absolute atomic E-state index is 14.6. The molecule has 1 unspecified atom stereocenters. The standard InChI is InChI=1S/C25H21FN2O2S/c1-16-11-12-28(16)18-13-21(26)20-15-23(30-22(20)14-18)25(29)27-31-24-10-6-5-9-19(24)17-7-3-2-4-8-17/h2-10,13-16H,11-12H2,1H3,(H,27,29). The maximum atomic E-state index is 14.6. The van der Waals surface area contributed by atoms with Crippen molar-refractivity contribution in [3.63, 3.8) is 0 Å². The van der Waals surface area contributed by atoms with Crippen molar-refractivity contribution in [1.29, 1.82) is 0 Å². The van der Waals surface area contributed by atoms with Gasteiger partial charge in [0, 0.05) is 35.3 Å². The summed E-state index contributed by atoms with van der Waals surface area (Å²) in [6.45, 7) is 3.01. The lowest BCUT2D eigenvalue weighted by molar-refractivity contribution is 0.0959. The molecule has 4 nitrogen and oxygen atoms in total. The van der Waals surface area contributed by atoms with Crippen molar-refractivity contribution < 1.29 is 13.6 Å². The number of furan rings is 1. The lowest BCUT2D eigenvalue weighted by Gasteiger charge is -2.40. The van der Waals surface area contributed by atoms with E-state index in [2.05, 4.69) is 16.5 Å². The Kier molecular flexibility index (Phi) is 5.16. The smallest absolute Gasteiger partial charge is 0.297 e. The van der Waals surface area contributed by atoms with Crippen molar-refractivity contribution in [3.05, 3.63) is 84.4 Å². The van der Waals surface area contributed by atoms with Crippen molar-refractivity contribution in [2.45, 2.75) is 24.3 Å². The number of carbonyl (C=O) groups excluding carboxylic acids is 1. The number of halogens is 1. The minimum absolute atomic E-state index is 0.0902. The number of hydrogen-bond acceptors (Lipinski definition) is 4. The summed E-state index contributed by atoms with van der Waals surface area (Å²) in [6, 6.07) is 23.0. The first-order chi connectivity index (χ1) is 15.1. The van der Waals surface area contributed by atoms with Crippen LogP contribution < -0.4 is 9.62 Å². The summed E-state index contributed by atoms with van der Waals surface area (Å²) in [6.07, 6.45) is 1.09. The molecule has 4 aromatic rings. The normalized spacial score (nSPS) is 15.7. The van der Waals surface area contributed by atoms with Crippen molar-refractivity contribution in [2.75, 3.05) is 11.4 Å². The van der Waals surface area contributed by atoms with Crippen LogP contribution in [0.4, 0.5) is 10.1 Å². The van der Waals surface area contributed by atoms with Crippen LogP contribution in [0.15, 0.2) is 82.1 Å². The number of rotatable bonds is 5. The van der Waals surface area contributed by atoms with Crippen LogP contribution in [0.25, 0.3) is 22.1 Å². The molecule has 1 atom stereocenters. The summed E-state index contributed by atoms with van der Waals surface area (Å²) >= 11 is 1.22. The third kappa shape index (κ3) is 3.79. The molecule has 1 amide bonds. The molecule has 0 spiro atoms. The lowest BCUT2D eigenvalue weighted by atomic mass is 10.0. The van der Waals surface area contributed by atoms with Gasteiger partial charge in [-0.2, -0.15) is 0 Å². The van der Waals surface area contributed by atoms with E-state index in [1.54, 1.807) is 0 Å². The number of hydrogen-bond donors (Lipinski definition) is 1. The van der Waals surface area contributed by atoms with Gasteiger partial charge in [-0.25, -0.2) is 4.39 Å². The van der Waals surface area contributed by atoms with Crippen LogP contribution in [0.1, 0.15) is 23.9 Å². The van der Waals surface area contributed by atoms with Crippen LogP contribution in [-0.4, -0.2) is 18.5 Å². The zero-order valence-corrected chi connectivity index (χ0v) is 17.8. The van der Waals surface area contributed by atoms with Gasteiger partial charge in [-0.05, 0) is 48.6 Å². The van der Waals surface area contributed by atoms with Gasteiger partial charge in [-0.3, -0.25) is 9.52 Å². The summed E-state index contributed by atoms with van der Waals surface area (Å²) in [7, 11) is 0. The van der Waals surface area contributed by atoms with Crippen LogP contribution in [-0.2, 0) is 0 Å². The summed E-state index contributed by atoms with van der Waals surface area (Å²) < 4.78 is 23.2. The van der Waals surface area contributed by atoms with Crippen LogP contribution in [0.2, 0.25) is 0 Å². The molecule has 6 heteroatoms. The molecule has 1 saturated heterocycles. The third-order valence-electron chi connectivity index (χ3n) is 5.67. The Balaban J connectivity index is 1.36. The van der Waals surface area contributed by atoms with Gasteiger partial charge in [-0.1, -0.05) is 48.5 Å². The second-order valence-electron chi connectivity index (χ2n) is 7.68. The molecule has 0 aliphatic carbocycles. The number of carbonyl (C=O) groups is 1. The Morgan fingerprint density at radius 1 is 1.10 bits per heavy atom. The van der Waals surface area contributed by atoms with Crippen molar-refractivity contribution in [2.24, 2.45) is 0 Å². The number of nitrogens with zero attached hydrogens (tertiary/aromatic N) is 1. The predicted molar refractivity (Wildman–Crippen MR) is 123 cm³/mol. The topological polar surface area (TPSA) is 45.5 Å². The summed E-state index contributed by atoms with van der Waals surface area (Å²) in [5.74, 6) is -0.689. The van der Waals surface area contributed by atoms with Crippen LogP contribution in [0.3, 0.4) is 0 Å². The minimum Gasteiger partial charge on any atom is -0.451 e. The molecule has 1 aromatic heterocycles. The summed E-state index contributed by atoms with van der Waals surface area (Å²) in [5, 5.41) is 0.316. The van der Waals surface area contributed by atoms with E-state index in [9.17, 15) is 9.18 Å². The van der Waals surface area contributed by atoms with Gasteiger partial charge < -0.3 is 9.32 Å². The zero-order chi connectivity index (χ0) is 21.4. The highest BCUT2D eigenvalue weighted by molar-refractivity contribution is 7.98. The molecule has 31 heavy (non-hydrogen) atoms. The number of amides is 1. The number of fused-ring (bicyclic) bond motifs is 1. The monoisotopic (exact) mass is 432 g/mol. The molecule has 0 radical (unpaired) electrons. The predicted octanol–water partition coefficient (Wildman–Crippen LogP) is 6.27. The average molecular weight is 433 g/mol. The molecule has 0 bridgehead atoms. The highest BCUT2D eigenvalue weighted by atomic mass is 32.2. The van der Waals surface area contributed by atoms with Crippen molar-refractivity contribution >= 4 is 34.5 Å². The quantitative estimate of drug-likeness (QED) is 0.377. The van der Waals surface area contributed by atoms with Gasteiger partial charge in [-0.15, -0.1) is 0 Å². The molecule has 1 N–H and O–H groups in total. The van der Waals surface area contributed by atoms with E-state index in [4.69, 9.17) is 4.42 Å². The van der Waals surface area contributed by atoms with E-state index in [1.165, 1.54) is 24.1 Å². The molecule has 3 aromatic carbocycles. The van der Waals surface area contributed by atoms with Crippen LogP contribution in [0, 0.1) is 5.82 Å². The fraction of sp³-hybridized carbons (Fsp3) is 0.160. The SMILES string of the molecule is CC1CCN1c1cc(F)c2cc(C(=O)NSc3ccccc3-c3ccccc3)oc2c1. The first kappa shape index (κ1) is 19.7. The van der Waals surface area contributed by atoms with Gasteiger partial charge in [0.05, 0.1) is 5.39 Å². The molecule has 0 saturated carbocycles. The van der Waals surface area contributed by atoms with Crippen molar-refractivity contribution in [1.82, 2.24) is 4.72 Å². The largest absolute Gasteiger partial charge is 0.451 e. The summed E-state index contributed by atoms with van der Waals surface area (Å²) in [5.41, 5.74) is 3.26. The first-order valence-corrected chi connectivity index (χ1v) is 11.0. The van der Waals surface area contributed by atoms with Gasteiger partial charge >= 0.3 is 0 Å². The Bertz CT molecular complexity index is 1260. The molecule has 1 fully saturated rings. The Morgan fingerprint density at radius 3 is 2.61 bits per heavy atom. The molecule has 156 valence electrons. The van der Waals surface area contributed by atoms with Gasteiger partial charge in [0.1, 0.15) is 11.4 Å². The van der Waals surface area contributed by atoms with Crippen molar-refractivity contribution in [3.8, 4) is 11.1 Å². The second-order valence-corrected chi connectivity index (χ2v) is 8.52. The van der Waals surface area contributed by atoms with Crippen LogP contribution in [0.5, 0.6) is 0 Å². The summed E-state index contributed by atoms with van der Waals surface area (Å²) in [4.78, 5) is 15.8. The van der Waals surface area contributed by atoms with Gasteiger partial charge in [0.15, 0.2) is 5.76 Å². The maximum Gasteiger partial charge on any atom is 0.297 e. The van der Waals surface area contributed by atoms with E-state index >= 15 is 0 Å². The number of anilines is 1. The molecule has 1 aliphatic rings. The van der Waals surface area contributed by atoms with E-state index in [1.807, 2.05) is 60.7 Å². The first-order valence-electron chi connectivity index (χ1n) is 10.2. The molecule has 1 aliphatic heterocycles. The Labute approximate surface area is 184 Å². The minimum atomic E-state index is -0.401. The highest BCUT2D eigenvalue weighted by Crippen LogP contribution is 2.33. The zero-order valence-electron chi connectivity index (χ0n) is 17.0. The van der Waals surface area contributed by atoms with Crippen LogP contribution >= 0.6 is 11.9 Å². The van der Waals surface area contributed by atoms with E-state index in [0.717, 1.165) is 34.7 Å². The Morgan fingerprint density at radius 2 is 1.87 bits per heavy atom. The molecular weight excluding hydrogens is 411 g/mol.